The first-order valence-corrected chi connectivity index (χ1v) is 13.8. The van der Waals surface area contributed by atoms with Crippen LogP contribution in [-0.2, 0) is 6.54 Å². The van der Waals surface area contributed by atoms with Crippen molar-refractivity contribution in [3.8, 4) is 28.5 Å². The largest absolute Gasteiger partial charge is 0.497 e. The molecule has 0 saturated carbocycles. The molecule has 0 atom stereocenters. The highest BCUT2D eigenvalue weighted by atomic mass is 127. The van der Waals surface area contributed by atoms with Gasteiger partial charge in [-0.05, 0) is 36.4 Å². The van der Waals surface area contributed by atoms with Gasteiger partial charge in [0.05, 0.1) is 39.3 Å². The van der Waals surface area contributed by atoms with Crippen molar-refractivity contribution < 1.29 is 14.2 Å². The number of rotatable bonds is 7. The van der Waals surface area contributed by atoms with Crippen molar-refractivity contribution in [2.24, 2.45) is 4.99 Å². The number of halogens is 1. The molecule has 4 aromatic rings. The molecule has 0 bridgehead atoms. The maximum Gasteiger partial charge on any atom is 0.227 e. The zero-order valence-electron chi connectivity index (χ0n) is 20.2. The van der Waals surface area contributed by atoms with Crippen molar-refractivity contribution in [3.05, 3.63) is 87.1 Å². The minimum absolute atomic E-state index is 0.372. The Bertz CT molecular complexity index is 1490. The predicted molar refractivity (Wildman–Crippen MR) is 152 cm³/mol. The summed E-state index contributed by atoms with van der Waals surface area (Å²) in [6, 6.07) is 20.0. The van der Waals surface area contributed by atoms with Crippen molar-refractivity contribution >= 4 is 42.6 Å². The van der Waals surface area contributed by atoms with Crippen LogP contribution in [0.4, 0.5) is 11.6 Å². The van der Waals surface area contributed by atoms with Crippen molar-refractivity contribution in [3.63, 3.8) is 0 Å². The van der Waals surface area contributed by atoms with Gasteiger partial charge in [-0.2, -0.15) is 0 Å². The Hall–Kier alpha value is -3.79. The molecule has 1 aliphatic heterocycles. The van der Waals surface area contributed by atoms with Crippen LogP contribution in [0.5, 0.6) is 17.2 Å². The van der Waals surface area contributed by atoms with E-state index in [1.165, 1.54) is 3.57 Å². The number of hydrogen-bond donors (Lipinski definition) is 1. The molecule has 1 aromatic heterocycles. The number of benzene rings is 3. The van der Waals surface area contributed by atoms with Gasteiger partial charge in [-0.3, -0.25) is 4.99 Å². The lowest BCUT2D eigenvalue weighted by atomic mass is 9.95. The van der Waals surface area contributed by atoms with Gasteiger partial charge in [-0.25, -0.2) is 9.97 Å². The highest BCUT2D eigenvalue weighted by Crippen LogP contribution is 2.36. The molecule has 0 amide bonds. The van der Waals surface area contributed by atoms with Gasteiger partial charge in [0.2, 0.25) is 5.95 Å². The fraction of sp³-hybridized carbons (Fsp3) is 0.143. The molecule has 0 aliphatic carbocycles. The predicted octanol–water partition coefficient (Wildman–Crippen LogP) is 5.84. The Morgan fingerprint density at radius 2 is 1.69 bits per heavy atom. The number of methoxy groups -OCH3 is 3. The summed E-state index contributed by atoms with van der Waals surface area (Å²) in [5.41, 5.74) is 6.59. The normalized spacial score (nSPS) is 12.0. The van der Waals surface area contributed by atoms with E-state index in [4.69, 9.17) is 24.2 Å². The van der Waals surface area contributed by atoms with E-state index in [9.17, 15) is 0 Å². The summed E-state index contributed by atoms with van der Waals surface area (Å²) in [7, 11) is 4.89. The number of anilines is 2. The molecule has 0 fully saturated rings. The Morgan fingerprint density at radius 1 is 0.861 bits per heavy atom. The lowest BCUT2D eigenvalue weighted by molar-refractivity contribution is 0.355. The van der Waals surface area contributed by atoms with Crippen LogP contribution in [0.15, 0.2) is 71.9 Å². The van der Waals surface area contributed by atoms with Gasteiger partial charge in [-0.15, -0.1) is 0 Å². The molecule has 0 saturated heterocycles. The van der Waals surface area contributed by atoms with E-state index in [2.05, 4.69) is 33.0 Å². The first kappa shape index (κ1) is 23.9. The second kappa shape index (κ2) is 10.4. The number of aliphatic imine (C=N–C) groups is 1. The van der Waals surface area contributed by atoms with E-state index in [1.807, 2.05) is 48.7 Å². The molecular formula is C28H25IN4O3. The fourth-order valence-electron chi connectivity index (χ4n) is 4.16. The summed E-state index contributed by atoms with van der Waals surface area (Å²) >= 11 is -0.372. The molecule has 2 heterocycles. The second-order valence-electron chi connectivity index (χ2n) is 7.95. The average molecular weight is 592 g/mol. The number of ether oxygens (including phenoxy) is 3. The maximum atomic E-state index is 5.57. The van der Waals surface area contributed by atoms with Crippen molar-refractivity contribution in [1.29, 1.82) is 0 Å². The summed E-state index contributed by atoms with van der Waals surface area (Å²) in [4.78, 5) is 14.5. The Labute approximate surface area is 220 Å². The van der Waals surface area contributed by atoms with Gasteiger partial charge in [0, 0.05) is 43.8 Å². The van der Waals surface area contributed by atoms with Gasteiger partial charge < -0.3 is 19.5 Å². The van der Waals surface area contributed by atoms with Crippen LogP contribution in [0, 0.1) is 3.57 Å². The number of aromatic nitrogens is 2. The van der Waals surface area contributed by atoms with Crippen LogP contribution < -0.4 is 19.5 Å². The third-order valence-corrected chi connectivity index (χ3v) is 7.68. The van der Waals surface area contributed by atoms with Crippen LogP contribution in [0.3, 0.4) is 0 Å². The van der Waals surface area contributed by atoms with E-state index in [1.54, 1.807) is 21.3 Å². The third-order valence-electron chi connectivity index (χ3n) is 5.92. The SMILES string of the molecule is C=Ic1ccccc1C1=NCc2cnc(Nc3ccc(OC)c(OC)c3)nc2-c2ccc(OC)cc21. The van der Waals surface area contributed by atoms with E-state index in [0.717, 1.165) is 45.1 Å². The van der Waals surface area contributed by atoms with Gasteiger partial charge >= 0.3 is 0 Å². The van der Waals surface area contributed by atoms with Crippen LogP contribution in [-0.4, -0.2) is 41.5 Å². The quantitative estimate of drug-likeness (QED) is 0.272. The molecule has 3 aromatic carbocycles. The first-order valence-electron chi connectivity index (χ1n) is 11.2. The third kappa shape index (κ3) is 4.56. The minimum atomic E-state index is -0.372. The molecular weight excluding hydrogens is 567 g/mol. The highest BCUT2D eigenvalue weighted by Gasteiger charge is 2.23. The van der Waals surface area contributed by atoms with Crippen LogP contribution in [0.2, 0.25) is 0 Å². The molecule has 36 heavy (non-hydrogen) atoms. The minimum Gasteiger partial charge on any atom is -0.497 e. The summed E-state index contributed by atoms with van der Waals surface area (Å²) < 4.78 is 21.8. The molecule has 1 aliphatic rings. The van der Waals surface area contributed by atoms with Crippen molar-refractivity contribution in [2.45, 2.75) is 6.54 Å². The van der Waals surface area contributed by atoms with Crippen LogP contribution >= 0.6 is 20.7 Å². The van der Waals surface area contributed by atoms with Gasteiger partial charge in [0.15, 0.2) is 11.5 Å². The second-order valence-corrected chi connectivity index (χ2v) is 9.88. The molecule has 182 valence electrons. The van der Waals surface area contributed by atoms with Gasteiger partial charge in [0.1, 0.15) is 5.75 Å². The van der Waals surface area contributed by atoms with Gasteiger partial charge in [-0.1, -0.05) is 43.4 Å². The van der Waals surface area contributed by atoms with Crippen molar-refractivity contribution in [1.82, 2.24) is 9.97 Å². The summed E-state index contributed by atoms with van der Waals surface area (Å²) in [6.07, 6.45) is 1.84. The molecule has 0 spiro atoms. The topological polar surface area (TPSA) is 77.9 Å². The zero-order chi connectivity index (χ0) is 25.1. The lowest BCUT2D eigenvalue weighted by Crippen LogP contribution is -2.07. The van der Waals surface area contributed by atoms with E-state index in [-0.39, 0.29) is 20.7 Å². The molecule has 0 radical (unpaired) electrons. The van der Waals surface area contributed by atoms with Gasteiger partial charge in [0.25, 0.3) is 0 Å². The molecule has 7 nitrogen and oxygen atoms in total. The van der Waals surface area contributed by atoms with Crippen LogP contribution in [0.1, 0.15) is 16.7 Å². The number of nitrogens with zero attached hydrogens (tertiary/aromatic N) is 3. The number of fused-ring (bicyclic) bond motifs is 3. The lowest BCUT2D eigenvalue weighted by Gasteiger charge is -2.15. The molecule has 1 N–H and O–H groups in total. The standard InChI is InChI=1S/C28H25IN4O3/c1-29-23-8-6-5-7-21(23)27-22-14-19(34-2)10-11-20(22)26-17(15-30-27)16-31-28(33-26)32-18-9-12-24(35-3)25(13-18)36-4/h5-14,16H,1,15H2,2-4H3,(H,31,32,33). The monoisotopic (exact) mass is 592 g/mol. The zero-order valence-corrected chi connectivity index (χ0v) is 22.4. The smallest absolute Gasteiger partial charge is 0.227 e. The van der Waals surface area contributed by atoms with E-state index in [0.29, 0.717) is 24.0 Å². The summed E-state index contributed by atoms with van der Waals surface area (Å²) in [5, 5.41) is 3.29. The fourth-order valence-corrected chi connectivity index (χ4v) is 5.47. The summed E-state index contributed by atoms with van der Waals surface area (Å²) in [6.45, 7) is 0.474. The first-order chi connectivity index (χ1) is 17.6. The highest BCUT2D eigenvalue weighted by molar-refractivity contribution is 14.2. The van der Waals surface area contributed by atoms with E-state index < -0.39 is 0 Å². The number of nitrogens with one attached hydrogen (secondary N) is 1. The molecule has 0 unspecified atom stereocenters. The Kier molecular flexibility index (Phi) is 6.95. The maximum absolute atomic E-state index is 5.57. The number of hydrogen-bond acceptors (Lipinski definition) is 7. The average Bonchev–Trinajstić information content (AvgIpc) is 3.09. The molecule has 8 heteroatoms. The summed E-state index contributed by atoms with van der Waals surface area (Å²) in [5.74, 6) is 2.53. The molecule has 5 rings (SSSR count). The van der Waals surface area contributed by atoms with Crippen molar-refractivity contribution in [2.75, 3.05) is 26.6 Å². The van der Waals surface area contributed by atoms with Crippen LogP contribution in [0.25, 0.3) is 11.3 Å². The van der Waals surface area contributed by atoms with E-state index >= 15 is 0 Å². The Balaban J connectivity index is 1.60. The Morgan fingerprint density at radius 3 is 2.47 bits per heavy atom.